The smallest absolute Gasteiger partial charge is 0.251 e. The number of benzene rings is 1. The van der Waals surface area contributed by atoms with Crippen LogP contribution >= 0.6 is 0 Å². The topological polar surface area (TPSA) is 66.5 Å². The molecule has 1 aliphatic carbocycles. The monoisotopic (exact) mass is 336 g/mol. The van der Waals surface area contributed by atoms with Crippen LogP contribution in [-0.4, -0.2) is 43.5 Å². The molecule has 6 heteroatoms. The van der Waals surface area contributed by atoms with Crippen LogP contribution in [0.3, 0.4) is 0 Å². The van der Waals surface area contributed by atoms with Crippen LogP contribution in [0.25, 0.3) is 0 Å². The Bertz CT molecular complexity index is 675. The largest absolute Gasteiger partial charge is 0.352 e. The highest BCUT2D eigenvalue weighted by Crippen LogP contribution is 2.33. The Hall–Kier alpha value is -1.40. The maximum atomic E-state index is 12.2. The number of piperidine rings is 1. The van der Waals surface area contributed by atoms with Gasteiger partial charge in [-0.3, -0.25) is 4.79 Å². The maximum Gasteiger partial charge on any atom is 0.251 e. The van der Waals surface area contributed by atoms with Crippen molar-refractivity contribution in [3.8, 4) is 0 Å². The second kappa shape index (κ2) is 6.61. The quantitative estimate of drug-likeness (QED) is 0.893. The maximum absolute atomic E-state index is 12.2. The fourth-order valence-corrected chi connectivity index (χ4v) is 4.98. The molecule has 1 aliphatic heterocycles. The molecule has 2 fully saturated rings. The molecule has 0 spiro atoms. The molecule has 1 N–H and O–H groups in total. The van der Waals surface area contributed by atoms with Gasteiger partial charge in [-0.2, -0.15) is 0 Å². The molecule has 1 saturated carbocycles. The number of nitrogens with zero attached hydrogens (tertiary/aromatic N) is 1. The van der Waals surface area contributed by atoms with Crippen molar-refractivity contribution in [1.29, 1.82) is 0 Å². The lowest BCUT2D eigenvalue weighted by Gasteiger charge is -2.31. The predicted octanol–water partition coefficient (Wildman–Crippen LogP) is 1.93. The molecule has 1 heterocycles. The second-order valence-electron chi connectivity index (χ2n) is 6.61. The molecule has 1 aromatic rings. The van der Waals surface area contributed by atoms with E-state index in [-0.39, 0.29) is 11.2 Å². The number of carbonyl (C=O) groups is 1. The molecular formula is C17H24N2O3S. The summed E-state index contributed by atoms with van der Waals surface area (Å²) in [6.45, 7) is 3.72. The van der Waals surface area contributed by atoms with Crippen molar-refractivity contribution in [2.75, 3.05) is 19.6 Å². The first-order valence-corrected chi connectivity index (χ1v) is 9.81. The van der Waals surface area contributed by atoms with Gasteiger partial charge in [0.15, 0.2) is 0 Å². The first kappa shape index (κ1) is 16.5. The Kier molecular flexibility index (Phi) is 4.73. The summed E-state index contributed by atoms with van der Waals surface area (Å²) in [6.07, 6.45) is 3.27. The number of rotatable bonds is 5. The SMILES string of the molecule is Cc1ccccc1C(=O)NCC1CCN(S(=O)(=O)C2CC2)CC1. The number of hydrogen-bond acceptors (Lipinski definition) is 3. The number of sulfonamides is 1. The van der Waals surface area contributed by atoms with Gasteiger partial charge in [-0.15, -0.1) is 0 Å². The van der Waals surface area contributed by atoms with Crippen LogP contribution in [0.15, 0.2) is 24.3 Å². The molecule has 0 unspecified atom stereocenters. The van der Waals surface area contributed by atoms with E-state index in [0.717, 1.165) is 31.2 Å². The Morgan fingerprint density at radius 1 is 1.17 bits per heavy atom. The molecule has 1 amide bonds. The van der Waals surface area contributed by atoms with Gasteiger partial charge in [-0.1, -0.05) is 18.2 Å². The van der Waals surface area contributed by atoms with E-state index in [1.54, 1.807) is 4.31 Å². The first-order chi connectivity index (χ1) is 11.0. The molecule has 0 aromatic heterocycles. The van der Waals surface area contributed by atoms with E-state index in [9.17, 15) is 13.2 Å². The zero-order valence-corrected chi connectivity index (χ0v) is 14.3. The zero-order valence-electron chi connectivity index (χ0n) is 13.5. The highest BCUT2D eigenvalue weighted by molar-refractivity contribution is 7.90. The average Bonchev–Trinajstić information content (AvgIpc) is 3.39. The fraction of sp³-hybridized carbons (Fsp3) is 0.588. The van der Waals surface area contributed by atoms with Crippen LogP contribution < -0.4 is 5.32 Å². The Labute approximate surface area is 138 Å². The molecule has 0 bridgehead atoms. The third-order valence-electron chi connectivity index (χ3n) is 4.82. The van der Waals surface area contributed by atoms with Gasteiger partial charge < -0.3 is 5.32 Å². The van der Waals surface area contributed by atoms with Crippen molar-refractivity contribution in [3.63, 3.8) is 0 Å². The minimum atomic E-state index is -3.05. The summed E-state index contributed by atoms with van der Waals surface area (Å²) < 4.78 is 26.0. The molecule has 5 nitrogen and oxygen atoms in total. The summed E-state index contributed by atoms with van der Waals surface area (Å²) >= 11 is 0. The third-order valence-corrected chi connectivity index (χ3v) is 7.22. The minimum absolute atomic E-state index is 0.0452. The second-order valence-corrected chi connectivity index (χ2v) is 8.82. The van der Waals surface area contributed by atoms with Gasteiger partial charge in [0.2, 0.25) is 10.0 Å². The Morgan fingerprint density at radius 3 is 2.43 bits per heavy atom. The number of nitrogens with one attached hydrogen (secondary N) is 1. The highest BCUT2D eigenvalue weighted by atomic mass is 32.2. The van der Waals surface area contributed by atoms with Gasteiger partial charge >= 0.3 is 0 Å². The van der Waals surface area contributed by atoms with Crippen LogP contribution in [0, 0.1) is 12.8 Å². The molecular weight excluding hydrogens is 312 g/mol. The number of carbonyl (C=O) groups excluding carboxylic acids is 1. The average molecular weight is 336 g/mol. The van der Waals surface area contributed by atoms with E-state index in [1.807, 2.05) is 31.2 Å². The van der Waals surface area contributed by atoms with Crippen molar-refractivity contribution in [2.24, 2.45) is 5.92 Å². The molecule has 3 rings (SSSR count). The van der Waals surface area contributed by atoms with Crippen molar-refractivity contribution >= 4 is 15.9 Å². The first-order valence-electron chi connectivity index (χ1n) is 8.31. The fourth-order valence-electron chi connectivity index (χ4n) is 3.10. The van der Waals surface area contributed by atoms with Gasteiger partial charge in [-0.25, -0.2) is 12.7 Å². The summed E-state index contributed by atoms with van der Waals surface area (Å²) in [7, 11) is -3.05. The van der Waals surface area contributed by atoms with Crippen LogP contribution in [-0.2, 0) is 10.0 Å². The van der Waals surface area contributed by atoms with Gasteiger partial charge in [0.05, 0.1) is 5.25 Å². The molecule has 23 heavy (non-hydrogen) atoms. The molecule has 1 aromatic carbocycles. The van der Waals surface area contributed by atoms with E-state index < -0.39 is 10.0 Å². The number of aryl methyl sites for hydroxylation is 1. The van der Waals surface area contributed by atoms with Crippen molar-refractivity contribution < 1.29 is 13.2 Å². The van der Waals surface area contributed by atoms with Crippen LogP contribution in [0.5, 0.6) is 0 Å². The van der Waals surface area contributed by atoms with Crippen molar-refractivity contribution in [3.05, 3.63) is 35.4 Å². The van der Waals surface area contributed by atoms with Gasteiger partial charge in [0.1, 0.15) is 0 Å². The Morgan fingerprint density at radius 2 is 1.83 bits per heavy atom. The van der Waals surface area contributed by atoms with Crippen LogP contribution in [0.1, 0.15) is 41.6 Å². The summed E-state index contributed by atoms with van der Waals surface area (Å²) in [4.78, 5) is 12.2. The van der Waals surface area contributed by atoms with E-state index >= 15 is 0 Å². The van der Waals surface area contributed by atoms with Gasteiger partial charge in [0.25, 0.3) is 5.91 Å². The zero-order chi connectivity index (χ0) is 16.4. The summed E-state index contributed by atoms with van der Waals surface area (Å²) in [6, 6.07) is 7.54. The van der Waals surface area contributed by atoms with Gasteiger partial charge in [-0.05, 0) is 50.2 Å². The highest BCUT2D eigenvalue weighted by Gasteiger charge is 2.41. The lowest BCUT2D eigenvalue weighted by Crippen LogP contribution is -2.42. The molecule has 0 radical (unpaired) electrons. The van der Waals surface area contributed by atoms with E-state index in [4.69, 9.17) is 0 Å². The van der Waals surface area contributed by atoms with Gasteiger partial charge in [0, 0.05) is 25.2 Å². The van der Waals surface area contributed by atoms with Crippen molar-refractivity contribution in [1.82, 2.24) is 9.62 Å². The summed E-state index contributed by atoms with van der Waals surface area (Å²) in [5.41, 5.74) is 1.68. The number of amides is 1. The van der Waals surface area contributed by atoms with Crippen molar-refractivity contribution in [2.45, 2.75) is 37.9 Å². The van der Waals surface area contributed by atoms with E-state index in [0.29, 0.717) is 31.1 Å². The molecule has 0 atom stereocenters. The standard InChI is InChI=1S/C17H24N2O3S/c1-13-4-2-3-5-16(13)17(20)18-12-14-8-10-19(11-9-14)23(21,22)15-6-7-15/h2-5,14-15H,6-12H2,1H3,(H,18,20). The normalized spacial score (nSPS) is 20.4. The van der Waals surface area contributed by atoms with Crippen LogP contribution in [0.4, 0.5) is 0 Å². The molecule has 126 valence electrons. The molecule has 2 aliphatic rings. The lowest BCUT2D eigenvalue weighted by molar-refractivity contribution is 0.0941. The summed E-state index contributed by atoms with van der Waals surface area (Å²) in [5.74, 6) is 0.310. The summed E-state index contributed by atoms with van der Waals surface area (Å²) in [5, 5.41) is 2.87. The Balaban J connectivity index is 1.48. The predicted molar refractivity (Wildman–Crippen MR) is 89.8 cm³/mol. The molecule has 1 saturated heterocycles. The lowest BCUT2D eigenvalue weighted by atomic mass is 9.98. The van der Waals surface area contributed by atoms with Crippen LogP contribution in [0.2, 0.25) is 0 Å². The number of hydrogen-bond donors (Lipinski definition) is 1. The third kappa shape index (κ3) is 3.75. The minimum Gasteiger partial charge on any atom is -0.352 e. The van der Waals surface area contributed by atoms with E-state index in [2.05, 4.69) is 5.32 Å². The van der Waals surface area contributed by atoms with E-state index in [1.165, 1.54) is 0 Å².